The molecule has 2 N–H and O–H groups in total. The van der Waals surface area contributed by atoms with E-state index in [2.05, 4.69) is 0 Å². The van der Waals surface area contributed by atoms with E-state index in [1.165, 1.54) is 4.90 Å². The van der Waals surface area contributed by atoms with Crippen LogP contribution in [0.15, 0.2) is 24.3 Å². The van der Waals surface area contributed by atoms with Gasteiger partial charge in [0.15, 0.2) is 0 Å². The maximum atomic E-state index is 11.8. The standard InChI is InChI=1S/C15H21N3O3/c1-17-10-15(20)18(11-14(17)19)7-2-8-21-13-5-3-12(9-16)4-6-13/h3-6H,2,7-11,16H2,1H3. The monoisotopic (exact) mass is 291 g/mol. The first-order valence-electron chi connectivity index (χ1n) is 7.03. The molecule has 2 amide bonds. The van der Waals surface area contributed by atoms with Gasteiger partial charge in [-0.3, -0.25) is 9.59 Å². The molecule has 6 heteroatoms. The molecule has 0 aromatic heterocycles. The summed E-state index contributed by atoms with van der Waals surface area (Å²) in [5.41, 5.74) is 6.59. The minimum atomic E-state index is -0.0205. The van der Waals surface area contributed by atoms with Gasteiger partial charge in [-0.1, -0.05) is 12.1 Å². The number of likely N-dealkylation sites (N-methyl/N-ethyl adjacent to an activating group) is 1. The molecular weight excluding hydrogens is 270 g/mol. The van der Waals surface area contributed by atoms with Crippen LogP contribution in [0.4, 0.5) is 0 Å². The number of nitrogens with zero attached hydrogens (tertiary/aromatic N) is 2. The third-order valence-corrected chi connectivity index (χ3v) is 3.48. The zero-order valence-electron chi connectivity index (χ0n) is 12.2. The van der Waals surface area contributed by atoms with E-state index in [-0.39, 0.29) is 24.9 Å². The van der Waals surface area contributed by atoms with Crippen LogP contribution in [-0.2, 0) is 16.1 Å². The van der Waals surface area contributed by atoms with Crippen LogP contribution in [0.25, 0.3) is 0 Å². The van der Waals surface area contributed by atoms with Crippen molar-refractivity contribution in [2.24, 2.45) is 5.73 Å². The summed E-state index contributed by atoms with van der Waals surface area (Å²) in [6.45, 7) is 1.90. The summed E-state index contributed by atoms with van der Waals surface area (Å²) in [4.78, 5) is 26.4. The predicted molar refractivity (Wildman–Crippen MR) is 78.7 cm³/mol. The van der Waals surface area contributed by atoms with Gasteiger partial charge in [-0.2, -0.15) is 0 Å². The molecule has 21 heavy (non-hydrogen) atoms. The number of carbonyl (C=O) groups is 2. The molecule has 0 saturated carbocycles. The van der Waals surface area contributed by atoms with E-state index < -0.39 is 0 Å². The fourth-order valence-corrected chi connectivity index (χ4v) is 2.13. The first-order chi connectivity index (χ1) is 10.1. The number of nitrogens with two attached hydrogens (primary N) is 1. The Hall–Kier alpha value is -2.08. The van der Waals surface area contributed by atoms with Crippen molar-refractivity contribution >= 4 is 11.8 Å². The molecule has 0 bridgehead atoms. The normalized spacial score (nSPS) is 15.5. The minimum absolute atomic E-state index is 0.00982. The van der Waals surface area contributed by atoms with Crippen molar-refractivity contribution in [3.63, 3.8) is 0 Å². The molecule has 1 fully saturated rings. The summed E-state index contributed by atoms with van der Waals surface area (Å²) >= 11 is 0. The third kappa shape index (κ3) is 4.19. The average Bonchev–Trinajstić information content (AvgIpc) is 2.49. The molecule has 1 aliphatic heterocycles. The maximum absolute atomic E-state index is 11.8. The number of benzene rings is 1. The highest BCUT2D eigenvalue weighted by atomic mass is 16.5. The summed E-state index contributed by atoms with van der Waals surface area (Å²) < 4.78 is 5.61. The van der Waals surface area contributed by atoms with Crippen LogP contribution in [0.2, 0.25) is 0 Å². The van der Waals surface area contributed by atoms with Crippen molar-refractivity contribution in [1.82, 2.24) is 9.80 Å². The third-order valence-electron chi connectivity index (χ3n) is 3.48. The van der Waals surface area contributed by atoms with Crippen molar-refractivity contribution in [3.05, 3.63) is 29.8 Å². The second-order valence-corrected chi connectivity index (χ2v) is 5.12. The zero-order valence-corrected chi connectivity index (χ0v) is 12.2. The maximum Gasteiger partial charge on any atom is 0.242 e. The zero-order chi connectivity index (χ0) is 15.2. The van der Waals surface area contributed by atoms with Gasteiger partial charge in [0, 0.05) is 20.1 Å². The lowest BCUT2D eigenvalue weighted by molar-refractivity contribution is -0.148. The van der Waals surface area contributed by atoms with Gasteiger partial charge in [0.05, 0.1) is 19.7 Å². The molecule has 0 atom stereocenters. The Morgan fingerprint density at radius 1 is 1.14 bits per heavy atom. The first kappa shape index (κ1) is 15.3. The molecule has 114 valence electrons. The molecule has 0 unspecified atom stereocenters. The van der Waals surface area contributed by atoms with Gasteiger partial charge >= 0.3 is 0 Å². The van der Waals surface area contributed by atoms with Crippen molar-refractivity contribution in [2.45, 2.75) is 13.0 Å². The number of ether oxygens (including phenoxy) is 1. The summed E-state index contributed by atoms with van der Waals surface area (Å²) in [7, 11) is 1.64. The van der Waals surface area contributed by atoms with E-state index in [1.54, 1.807) is 11.9 Å². The highest BCUT2D eigenvalue weighted by molar-refractivity contribution is 5.92. The fraction of sp³-hybridized carbons (Fsp3) is 0.467. The molecule has 0 spiro atoms. The Labute approximate surface area is 124 Å². The Morgan fingerprint density at radius 3 is 2.52 bits per heavy atom. The van der Waals surface area contributed by atoms with Crippen LogP contribution in [0.1, 0.15) is 12.0 Å². The Balaban J connectivity index is 1.71. The number of carbonyl (C=O) groups excluding carboxylic acids is 2. The smallest absolute Gasteiger partial charge is 0.242 e. The number of hydrogen-bond donors (Lipinski definition) is 1. The van der Waals surface area contributed by atoms with Crippen LogP contribution in [-0.4, -0.2) is 54.9 Å². The summed E-state index contributed by atoms with van der Waals surface area (Å²) in [5.74, 6) is 0.755. The molecule has 1 heterocycles. The highest BCUT2D eigenvalue weighted by Gasteiger charge is 2.26. The molecule has 2 rings (SSSR count). The number of piperazine rings is 1. The molecule has 1 aromatic rings. The van der Waals surface area contributed by atoms with Gasteiger partial charge < -0.3 is 20.3 Å². The SMILES string of the molecule is CN1CC(=O)N(CCCOc2ccc(CN)cc2)CC1=O. The Bertz CT molecular complexity index is 501. The molecular formula is C15H21N3O3. The largest absolute Gasteiger partial charge is 0.494 e. The number of amides is 2. The molecule has 6 nitrogen and oxygen atoms in total. The van der Waals surface area contributed by atoms with Crippen molar-refractivity contribution in [1.29, 1.82) is 0 Å². The highest BCUT2D eigenvalue weighted by Crippen LogP contribution is 2.12. The topological polar surface area (TPSA) is 75.9 Å². The van der Waals surface area contributed by atoms with Crippen molar-refractivity contribution in [2.75, 3.05) is 33.3 Å². The van der Waals surface area contributed by atoms with Gasteiger partial charge in [-0.25, -0.2) is 0 Å². The minimum Gasteiger partial charge on any atom is -0.494 e. The summed E-state index contributed by atoms with van der Waals surface area (Å²) in [6.07, 6.45) is 0.696. The van der Waals surface area contributed by atoms with Crippen molar-refractivity contribution < 1.29 is 14.3 Å². The Kier molecular flexibility index (Phi) is 5.16. The lowest BCUT2D eigenvalue weighted by Gasteiger charge is -2.31. The van der Waals surface area contributed by atoms with E-state index in [0.29, 0.717) is 26.1 Å². The van der Waals surface area contributed by atoms with E-state index >= 15 is 0 Å². The first-order valence-corrected chi connectivity index (χ1v) is 7.03. The van der Waals surface area contributed by atoms with Gasteiger partial charge in [-0.15, -0.1) is 0 Å². The number of rotatable bonds is 6. The molecule has 1 saturated heterocycles. The van der Waals surface area contributed by atoms with Crippen LogP contribution < -0.4 is 10.5 Å². The van der Waals surface area contributed by atoms with E-state index in [9.17, 15) is 9.59 Å². The van der Waals surface area contributed by atoms with Crippen LogP contribution >= 0.6 is 0 Å². The summed E-state index contributed by atoms with van der Waals surface area (Å²) in [6, 6.07) is 7.62. The quantitative estimate of drug-likeness (QED) is 0.761. The second-order valence-electron chi connectivity index (χ2n) is 5.12. The van der Waals surface area contributed by atoms with E-state index in [0.717, 1.165) is 11.3 Å². The lowest BCUT2D eigenvalue weighted by Crippen LogP contribution is -2.52. The molecule has 1 aliphatic rings. The van der Waals surface area contributed by atoms with Crippen LogP contribution in [0.3, 0.4) is 0 Å². The predicted octanol–water partition coefficient (Wildman–Crippen LogP) is 0.215. The average molecular weight is 291 g/mol. The van der Waals surface area contributed by atoms with E-state index in [4.69, 9.17) is 10.5 Å². The van der Waals surface area contributed by atoms with Gasteiger partial charge in [-0.05, 0) is 24.1 Å². The Morgan fingerprint density at radius 2 is 1.86 bits per heavy atom. The van der Waals surface area contributed by atoms with Gasteiger partial charge in [0.25, 0.3) is 0 Å². The molecule has 1 aromatic carbocycles. The fourth-order valence-electron chi connectivity index (χ4n) is 2.13. The van der Waals surface area contributed by atoms with E-state index in [1.807, 2.05) is 24.3 Å². The number of hydrogen-bond acceptors (Lipinski definition) is 4. The second kappa shape index (κ2) is 7.08. The molecule has 0 radical (unpaired) electrons. The molecule has 0 aliphatic carbocycles. The van der Waals surface area contributed by atoms with Crippen LogP contribution in [0, 0.1) is 0 Å². The van der Waals surface area contributed by atoms with Crippen molar-refractivity contribution in [3.8, 4) is 5.75 Å². The van der Waals surface area contributed by atoms with Gasteiger partial charge in [0.2, 0.25) is 11.8 Å². The van der Waals surface area contributed by atoms with Gasteiger partial charge in [0.1, 0.15) is 5.75 Å². The van der Waals surface area contributed by atoms with Crippen LogP contribution in [0.5, 0.6) is 5.75 Å². The summed E-state index contributed by atoms with van der Waals surface area (Å²) in [5, 5.41) is 0. The lowest BCUT2D eigenvalue weighted by atomic mass is 10.2.